The molecule has 1 saturated carbocycles. The van der Waals surface area contributed by atoms with E-state index in [1.165, 1.54) is 6.92 Å². The second-order valence-electron chi connectivity index (χ2n) is 5.43. The maximum Gasteiger partial charge on any atom is 0.216 e. The molecule has 1 aliphatic rings. The predicted octanol–water partition coefficient (Wildman–Crippen LogP) is 0.0985. The smallest absolute Gasteiger partial charge is 0.216 e. The number of aromatic nitrogens is 1. The average molecular weight is 280 g/mol. The van der Waals surface area contributed by atoms with Crippen molar-refractivity contribution in [3.63, 3.8) is 0 Å². The summed E-state index contributed by atoms with van der Waals surface area (Å²) in [5.41, 5.74) is -0.458. The Hall–Kier alpha value is -1.66. The quantitative estimate of drug-likeness (QED) is 0.711. The lowest BCUT2D eigenvalue weighted by molar-refractivity contribution is -0.119. The maximum absolute atomic E-state index is 11.1. The van der Waals surface area contributed by atoms with E-state index in [4.69, 9.17) is 4.74 Å². The fraction of sp³-hybridized carbons (Fsp3) is 0.571. The van der Waals surface area contributed by atoms with Gasteiger partial charge in [0.25, 0.3) is 0 Å². The van der Waals surface area contributed by atoms with Crippen molar-refractivity contribution < 1.29 is 19.7 Å². The summed E-state index contributed by atoms with van der Waals surface area (Å²) < 4.78 is 5.69. The molecule has 6 nitrogen and oxygen atoms in total. The van der Waals surface area contributed by atoms with Crippen LogP contribution in [0.1, 0.15) is 19.8 Å². The molecule has 0 spiro atoms. The fourth-order valence-corrected chi connectivity index (χ4v) is 2.54. The lowest BCUT2D eigenvalue weighted by Gasteiger charge is -2.28. The number of rotatable bonds is 5. The predicted molar refractivity (Wildman–Crippen MR) is 72.1 cm³/mol. The fourth-order valence-electron chi connectivity index (χ4n) is 2.54. The highest BCUT2D eigenvalue weighted by Crippen LogP contribution is 2.38. The van der Waals surface area contributed by atoms with Crippen molar-refractivity contribution in [1.82, 2.24) is 10.3 Å². The van der Waals surface area contributed by atoms with E-state index in [1.54, 1.807) is 24.5 Å². The van der Waals surface area contributed by atoms with E-state index < -0.39 is 17.6 Å². The molecule has 0 saturated heterocycles. The number of amides is 1. The molecule has 1 heterocycles. The van der Waals surface area contributed by atoms with E-state index in [-0.39, 0.29) is 5.91 Å². The molecule has 0 aromatic carbocycles. The third-order valence-electron chi connectivity index (χ3n) is 3.62. The topological polar surface area (TPSA) is 91.7 Å². The number of nitrogens with one attached hydrogen (secondary N) is 1. The van der Waals surface area contributed by atoms with Crippen LogP contribution >= 0.6 is 0 Å². The van der Waals surface area contributed by atoms with Gasteiger partial charge in [-0.2, -0.15) is 0 Å². The Morgan fingerprint density at radius 2 is 2.20 bits per heavy atom. The van der Waals surface area contributed by atoms with Crippen LogP contribution < -0.4 is 10.1 Å². The Kier molecular flexibility index (Phi) is 4.57. The molecule has 2 rings (SSSR count). The second-order valence-corrected chi connectivity index (χ2v) is 5.43. The van der Waals surface area contributed by atoms with Gasteiger partial charge >= 0.3 is 0 Å². The highest BCUT2D eigenvalue weighted by molar-refractivity contribution is 5.72. The minimum absolute atomic E-state index is 0.137. The number of carbonyl (C=O) groups excluding carboxylic acids is 1. The molecule has 6 heteroatoms. The first-order chi connectivity index (χ1) is 9.51. The molecule has 1 aromatic rings. The summed E-state index contributed by atoms with van der Waals surface area (Å²) in [6.45, 7) is 2.13. The molecule has 0 radical (unpaired) electrons. The van der Waals surface area contributed by atoms with Gasteiger partial charge in [0, 0.05) is 25.1 Å². The Bertz CT molecular complexity index is 442. The van der Waals surface area contributed by atoms with Gasteiger partial charge in [0.05, 0.1) is 25.0 Å². The van der Waals surface area contributed by atoms with E-state index in [1.807, 2.05) is 0 Å². The van der Waals surface area contributed by atoms with Crippen molar-refractivity contribution in [3.05, 3.63) is 24.5 Å². The third-order valence-corrected chi connectivity index (χ3v) is 3.62. The van der Waals surface area contributed by atoms with Gasteiger partial charge in [0.15, 0.2) is 0 Å². The number of pyridine rings is 1. The summed E-state index contributed by atoms with van der Waals surface area (Å²) in [6, 6.07) is 3.56. The van der Waals surface area contributed by atoms with Crippen molar-refractivity contribution in [2.24, 2.45) is 5.41 Å². The molecule has 1 aromatic heterocycles. The number of hydrogen-bond donors (Lipinski definition) is 3. The standard InChI is InChI=1S/C14H20N2O4/c1-10(17)16-8-14(5-12(18)13(19)6-14)9-20-11-3-2-4-15-7-11/h2-4,7,12-13,18-19H,5-6,8-9H2,1H3,(H,16,17). The molecular weight excluding hydrogens is 260 g/mol. The van der Waals surface area contributed by atoms with Gasteiger partial charge in [0.1, 0.15) is 5.75 Å². The molecule has 0 aliphatic heterocycles. The van der Waals surface area contributed by atoms with Crippen LogP contribution in [0.4, 0.5) is 0 Å². The van der Waals surface area contributed by atoms with Gasteiger partial charge in [-0.05, 0) is 25.0 Å². The number of nitrogens with zero attached hydrogens (tertiary/aromatic N) is 1. The molecule has 2 atom stereocenters. The first-order valence-electron chi connectivity index (χ1n) is 6.64. The highest BCUT2D eigenvalue weighted by atomic mass is 16.5. The summed E-state index contributed by atoms with van der Waals surface area (Å²) in [5, 5.41) is 22.3. The Morgan fingerprint density at radius 3 is 2.75 bits per heavy atom. The van der Waals surface area contributed by atoms with Crippen LogP contribution in [0.3, 0.4) is 0 Å². The van der Waals surface area contributed by atoms with E-state index in [9.17, 15) is 15.0 Å². The van der Waals surface area contributed by atoms with Gasteiger partial charge in [-0.3, -0.25) is 9.78 Å². The van der Waals surface area contributed by atoms with Gasteiger partial charge in [-0.1, -0.05) is 0 Å². The summed E-state index contributed by atoms with van der Waals surface area (Å²) in [5.74, 6) is 0.493. The minimum Gasteiger partial charge on any atom is -0.491 e. The van der Waals surface area contributed by atoms with Crippen molar-refractivity contribution in [3.8, 4) is 5.75 Å². The van der Waals surface area contributed by atoms with Gasteiger partial charge in [0.2, 0.25) is 5.91 Å². The molecule has 1 aliphatic carbocycles. The van der Waals surface area contributed by atoms with Crippen LogP contribution in [0, 0.1) is 5.41 Å². The van der Waals surface area contributed by atoms with Crippen molar-refractivity contribution in [1.29, 1.82) is 0 Å². The molecular formula is C14H20N2O4. The van der Waals surface area contributed by atoms with Crippen LogP contribution in [0.5, 0.6) is 5.75 Å². The summed E-state index contributed by atoms with van der Waals surface area (Å²) in [7, 11) is 0. The molecule has 2 unspecified atom stereocenters. The van der Waals surface area contributed by atoms with Crippen molar-refractivity contribution in [2.75, 3.05) is 13.2 Å². The Balaban J connectivity index is 2.01. The Labute approximate surface area is 117 Å². The molecule has 1 amide bonds. The molecule has 1 fully saturated rings. The monoisotopic (exact) mass is 280 g/mol. The number of aliphatic hydroxyl groups excluding tert-OH is 2. The SMILES string of the molecule is CC(=O)NCC1(COc2cccnc2)CC(O)C(O)C1. The third kappa shape index (κ3) is 3.68. The number of aliphatic hydroxyl groups is 2. The first kappa shape index (κ1) is 14.7. The van der Waals surface area contributed by atoms with E-state index >= 15 is 0 Å². The van der Waals surface area contributed by atoms with E-state index in [0.717, 1.165) is 0 Å². The van der Waals surface area contributed by atoms with Gasteiger partial charge in [-0.15, -0.1) is 0 Å². The maximum atomic E-state index is 11.1. The molecule has 20 heavy (non-hydrogen) atoms. The largest absolute Gasteiger partial charge is 0.491 e. The summed E-state index contributed by atoms with van der Waals surface area (Å²) in [6.07, 6.45) is 2.50. The average Bonchev–Trinajstić information content (AvgIpc) is 2.72. The second kappa shape index (κ2) is 6.19. The van der Waals surface area contributed by atoms with Crippen LogP contribution in [0.2, 0.25) is 0 Å². The number of ether oxygens (including phenoxy) is 1. The van der Waals surface area contributed by atoms with Gasteiger partial charge in [-0.25, -0.2) is 0 Å². The van der Waals surface area contributed by atoms with Crippen LogP contribution in [0.25, 0.3) is 0 Å². The molecule has 0 bridgehead atoms. The van der Waals surface area contributed by atoms with Crippen molar-refractivity contribution >= 4 is 5.91 Å². The lowest BCUT2D eigenvalue weighted by atomic mass is 9.86. The van der Waals surface area contributed by atoms with E-state index in [2.05, 4.69) is 10.3 Å². The van der Waals surface area contributed by atoms with Gasteiger partial charge < -0.3 is 20.3 Å². The zero-order valence-electron chi connectivity index (χ0n) is 11.5. The lowest BCUT2D eigenvalue weighted by Crippen LogP contribution is -2.39. The van der Waals surface area contributed by atoms with Crippen LogP contribution in [0.15, 0.2) is 24.5 Å². The van der Waals surface area contributed by atoms with E-state index in [0.29, 0.717) is 31.7 Å². The summed E-state index contributed by atoms with van der Waals surface area (Å²) in [4.78, 5) is 15.1. The Morgan fingerprint density at radius 1 is 1.50 bits per heavy atom. The number of hydrogen-bond acceptors (Lipinski definition) is 5. The zero-order chi connectivity index (χ0) is 14.6. The van der Waals surface area contributed by atoms with Crippen molar-refractivity contribution in [2.45, 2.75) is 32.0 Å². The normalized spacial score (nSPS) is 29.1. The van der Waals surface area contributed by atoms with Crippen LogP contribution in [-0.2, 0) is 4.79 Å². The summed E-state index contributed by atoms with van der Waals surface area (Å²) >= 11 is 0. The minimum atomic E-state index is -0.777. The number of carbonyl (C=O) groups is 1. The zero-order valence-corrected chi connectivity index (χ0v) is 11.5. The first-order valence-corrected chi connectivity index (χ1v) is 6.64. The molecule has 3 N–H and O–H groups in total. The van der Waals surface area contributed by atoms with Crippen LogP contribution in [-0.4, -0.2) is 46.5 Å². The molecule has 110 valence electrons. The highest BCUT2D eigenvalue weighted by Gasteiger charge is 2.44.